The van der Waals surface area contributed by atoms with Gasteiger partial charge >= 0.3 is 0 Å². The first-order valence-electron chi connectivity index (χ1n) is 3.83. The molecule has 0 atom stereocenters. The zero-order chi connectivity index (χ0) is 9.35. The fourth-order valence-corrected chi connectivity index (χ4v) is 1.05. The molecule has 0 unspecified atom stereocenters. The topological polar surface area (TPSA) is 49.8 Å². The van der Waals surface area contributed by atoms with E-state index in [1.54, 1.807) is 0 Å². The van der Waals surface area contributed by atoms with Crippen LogP contribution in [0.2, 0.25) is 0 Å². The lowest BCUT2D eigenvalue weighted by atomic mass is 9.89. The second-order valence-corrected chi connectivity index (χ2v) is 3.46. The van der Waals surface area contributed by atoms with Crippen molar-refractivity contribution in [3.63, 3.8) is 0 Å². The Morgan fingerprint density at radius 3 is 2.33 bits per heavy atom. The fraction of sp³-hybridized carbons (Fsp3) is 0.556. The average molecular weight is 164 g/mol. The van der Waals surface area contributed by atoms with Gasteiger partial charge in [-0.2, -0.15) is 5.26 Å². The molecular weight excluding hydrogens is 152 g/mol. The van der Waals surface area contributed by atoms with Crippen molar-refractivity contribution in [2.45, 2.75) is 33.1 Å². The zero-order valence-corrected chi connectivity index (χ0v) is 7.80. The number of nitrogens with zero attached hydrogens (tertiary/aromatic N) is 2. The number of aromatic nitrogens is 1. The Labute approximate surface area is 72.0 Å². The lowest BCUT2D eigenvalue weighted by molar-refractivity contribution is 0.344. The first kappa shape index (κ1) is 8.79. The van der Waals surface area contributed by atoms with E-state index in [0.29, 0.717) is 5.76 Å². The van der Waals surface area contributed by atoms with Gasteiger partial charge in [-0.05, 0) is 27.7 Å². The van der Waals surface area contributed by atoms with Crippen LogP contribution in [0.25, 0.3) is 0 Å². The molecule has 0 bridgehead atoms. The summed E-state index contributed by atoms with van der Waals surface area (Å²) in [6.45, 7) is 7.43. The molecule has 0 aliphatic carbocycles. The lowest BCUT2D eigenvalue weighted by Crippen LogP contribution is -2.14. The maximum atomic E-state index is 8.84. The van der Waals surface area contributed by atoms with Crippen molar-refractivity contribution in [1.82, 2.24) is 5.16 Å². The molecular formula is C9H12N2O. The Bertz CT molecular complexity index is 331. The van der Waals surface area contributed by atoms with E-state index in [4.69, 9.17) is 9.78 Å². The molecule has 0 amide bonds. The van der Waals surface area contributed by atoms with E-state index in [2.05, 4.69) is 11.2 Å². The van der Waals surface area contributed by atoms with E-state index in [-0.39, 0.29) is 0 Å². The summed E-state index contributed by atoms with van der Waals surface area (Å²) in [7, 11) is 0. The first-order chi connectivity index (χ1) is 5.49. The van der Waals surface area contributed by atoms with E-state index in [0.717, 1.165) is 11.3 Å². The minimum atomic E-state index is -0.578. The third-order valence-corrected chi connectivity index (χ3v) is 2.00. The molecule has 0 N–H and O–H groups in total. The van der Waals surface area contributed by atoms with Gasteiger partial charge in [0, 0.05) is 5.56 Å². The summed E-state index contributed by atoms with van der Waals surface area (Å²) < 4.78 is 5.08. The van der Waals surface area contributed by atoms with Crippen LogP contribution in [0.3, 0.4) is 0 Å². The second-order valence-electron chi connectivity index (χ2n) is 3.46. The van der Waals surface area contributed by atoms with Gasteiger partial charge < -0.3 is 4.52 Å². The summed E-state index contributed by atoms with van der Waals surface area (Å²) in [6, 6.07) is 2.18. The molecule has 1 aromatic heterocycles. The summed E-state index contributed by atoms with van der Waals surface area (Å²) in [6.07, 6.45) is 0. The SMILES string of the molecule is Cc1noc(C(C)(C)C#N)c1C. The Morgan fingerprint density at radius 2 is 2.00 bits per heavy atom. The van der Waals surface area contributed by atoms with Gasteiger partial charge in [-0.1, -0.05) is 5.16 Å². The van der Waals surface area contributed by atoms with Gasteiger partial charge in [0.1, 0.15) is 5.41 Å². The predicted molar refractivity (Wildman–Crippen MR) is 44.6 cm³/mol. The monoisotopic (exact) mass is 164 g/mol. The summed E-state index contributed by atoms with van der Waals surface area (Å²) in [5.41, 5.74) is 1.25. The molecule has 0 saturated carbocycles. The van der Waals surface area contributed by atoms with Crippen molar-refractivity contribution in [1.29, 1.82) is 5.26 Å². The first-order valence-corrected chi connectivity index (χ1v) is 3.83. The van der Waals surface area contributed by atoms with E-state index < -0.39 is 5.41 Å². The van der Waals surface area contributed by atoms with Gasteiger partial charge in [0.15, 0.2) is 5.76 Å². The predicted octanol–water partition coefficient (Wildman–Crippen LogP) is 2.09. The van der Waals surface area contributed by atoms with E-state index in [1.807, 2.05) is 27.7 Å². The molecule has 0 fully saturated rings. The molecule has 3 nitrogen and oxygen atoms in total. The molecule has 0 aliphatic rings. The number of rotatable bonds is 1. The lowest BCUT2D eigenvalue weighted by Gasteiger charge is -2.10. The largest absolute Gasteiger partial charge is 0.359 e. The molecule has 1 aromatic rings. The van der Waals surface area contributed by atoms with E-state index >= 15 is 0 Å². The van der Waals surface area contributed by atoms with Crippen LogP contribution in [-0.4, -0.2) is 5.16 Å². The van der Waals surface area contributed by atoms with Crippen LogP contribution in [0.4, 0.5) is 0 Å². The molecule has 3 heteroatoms. The highest BCUT2D eigenvalue weighted by molar-refractivity contribution is 5.30. The third-order valence-electron chi connectivity index (χ3n) is 2.00. The molecule has 0 spiro atoms. The smallest absolute Gasteiger partial charge is 0.159 e. The van der Waals surface area contributed by atoms with Gasteiger partial charge in [-0.15, -0.1) is 0 Å². The van der Waals surface area contributed by atoms with Gasteiger partial charge in [0.25, 0.3) is 0 Å². The van der Waals surface area contributed by atoms with Crippen LogP contribution >= 0.6 is 0 Å². The van der Waals surface area contributed by atoms with Crippen molar-refractivity contribution in [3.8, 4) is 6.07 Å². The Morgan fingerprint density at radius 1 is 1.42 bits per heavy atom. The summed E-state index contributed by atoms with van der Waals surface area (Å²) in [4.78, 5) is 0. The van der Waals surface area contributed by atoms with Gasteiger partial charge in [-0.25, -0.2) is 0 Å². The normalized spacial score (nSPS) is 11.2. The van der Waals surface area contributed by atoms with Crippen LogP contribution in [0, 0.1) is 25.2 Å². The summed E-state index contributed by atoms with van der Waals surface area (Å²) in [5.74, 6) is 0.669. The van der Waals surface area contributed by atoms with Crippen molar-refractivity contribution in [3.05, 3.63) is 17.0 Å². The summed E-state index contributed by atoms with van der Waals surface area (Å²) >= 11 is 0. The maximum absolute atomic E-state index is 8.84. The van der Waals surface area contributed by atoms with E-state index in [1.165, 1.54) is 0 Å². The molecule has 0 aliphatic heterocycles. The molecule has 12 heavy (non-hydrogen) atoms. The second kappa shape index (κ2) is 2.63. The van der Waals surface area contributed by atoms with Crippen molar-refractivity contribution in [2.75, 3.05) is 0 Å². The Hall–Kier alpha value is -1.30. The standard InChI is InChI=1S/C9H12N2O/c1-6-7(2)11-12-8(6)9(3,4)5-10/h1-4H3. The zero-order valence-electron chi connectivity index (χ0n) is 7.80. The molecule has 1 rings (SSSR count). The highest BCUT2D eigenvalue weighted by atomic mass is 16.5. The minimum Gasteiger partial charge on any atom is -0.359 e. The maximum Gasteiger partial charge on any atom is 0.159 e. The Balaban J connectivity index is 3.22. The van der Waals surface area contributed by atoms with Crippen molar-refractivity contribution >= 4 is 0 Å². The highest BCUT2D eigenvalue weighted by Crippen LogP contribution is 2.26. The third kappa shape index (κ3) is 1.20. The van der Waals surface area contributed by atoms with Gasteiger partial charge in [-0.3, -0.25) is 0 Å². The van der Waals surface area contributed by atoms with Gasteiger partial charge in [0.05, 0.1) is 11.8 Å². The molecule has 0 radical (unpaired) electrons. The molecule has 1 heterocycles. The minimum absolute atomic E-state index is 0.578. The number of hydrogen-bond acceptors (Lipinski definition) is 3. The number of aryl methyl sites for hydroxylation is 1. The number of hydrogen-bond donors (Lipinski definition) is 0. The van der Waals surface area contributed by atoms with Crippen LogP contribution < -0.4 is 0 Å². The van der Waals surface area contributed by atoms with Crippen LogP contribution in [0.5, 0.6) is 0 Å². The number of nitriles is 1. The van der Waals surface area contributed by atoms with Crippen LogP contribution in [0.1, 0.15) is 30.9 Å². The molecule has 0 saturated heterocycles. The van der Waals surface area contributed by atoms with Crippen LogP contribution in [-0.2, 0) is 5.41 Å². The van der Waals surface area contributed by atoms with E-state index in [9.17, 15) is 0 Å². The molecule has 64 valence electrons. The average Bonchev–Trinajstić information content (AvgIpc) is 2.33. The Kier molecular flexibility index (Phi) is 1.93. The van der Waals surface area contributed by atoms with Crippen molar-refractivity contribution < 1.29 is 4.52 Å². The van der Waals surface area contributed by atoms with Crippen LogP contribution in [0.15, 0.2) is 4.52 Å². The highest BCUT2D eigenvalue weighted by Gasteiger charge is 2.27. The fourth-order valence-electron chi connectivity index (χ4n) is 1.05. The van der Waals surface area contributed by atoms with Gasteiger partial charge in [0.2, 0.25) is 0 Å². The molecule has 0 aromatic carbocycles. The quantitative estimate of drug-likeness (QED) is 0.638. The summed E-state index contributed by atoms with van der Waals surface area (Å²) in [5, 5.41) is 12.6. The van der Waals surface area contributed by atoms with Crippen molar-refractivity contribution in [2.24, 2.45) is 0 Å².